The zero-order valence-corrected chi connectivity index (χ0v) is 11.6. The number of nitrogens with zero attached hydrogens (tertiary/aromatic N) is 5. The minimum atomic E-state index is -0.125. The quantitative estimate of drug-likeness (QED) is 0.813. The largest absolute Gasteiger partial charge is 0.461 e. The second-order valence-electron chi connectivity index (χ2n) is 4.26. The van der Waals surface area contributed by atoms with Crippen LogP contribution in [0.2, 0.25) is 5.28 Å². The number of hydrogen-bond donors (Lipinski definition) is 0. The number of halogens is 1. The summed E-state index contributed by atoms with van der Waals surface area (Å²) >= 11 is 5.81. The van der Waals surface area contributed by atoms with Crippen LogP contribution in [-0.2, 0) is 0 Å². The molecule has 1 heterocycles. The van der Waals surface area contributed by atoms with E-state index in [1.165, 1.54) is 0 Å². The smallest absolute Gasteiger partial charge is 0.322 e. The van der Waals surface area contributed by atoms with E-state index < -0.39 is 0 Å². The van der Waals surface area contributed by atoms with E-state index in [0.29, 0.717) is 12.5 Å². The molecule has 1 rings (SSSR count). The van der Waals surface area contributed by atoms with Crippen molar-refractivity contribution in [2.24, 2.45) is 5.92 Å². The monoisotopic (exact) mass is 269 g/mol. The van der Waals surface area contributed by atoms with Crippen LogP contribution in [0.4, 0.5) is 5.95 Å². The van der Waals surface area contributed by atoms with Gasteiger partial charge in [-0.1, -0.05) is 0 Å². The van der Waals surface area contributed by atoms with E-state index in [9.17, 15) is 0 Å². The lowest BCUT2D eigenvalue weighted by Gasteiger charge is -2.18. The lowest BCUT2D eigenvalue weighted by Crippen LogP contribution is -2.25. The van der Waals surface area contributed by atoms with Crippen LogP contribution in [0, 0.1) is 17.2 Å². The Bertz CT molecular complexity index is 446. The Morgan fingerprint density at radius 1 is 1.33 bits per heavy atom. The summed E-state index contributed by atoms with van der Waals surface area (Å²) in [6.07, 6.45) is -0.0420. The van der Waals surface area contributed by atoms with Crippen molar-refractivity contribution in [3.63, 3.8) is 0 Å². The number of nitriles is 1. The summed E-state index contributed by atoms with van der Waals surface area (Å²) in [5.41, 5.74) is 0. The molecule has 0 amide bonds. The molecule has 0 radical (unpaired) electrons. The maximum absolute atomic E-state index is 8.78. The first-order valence-electron chi connectivity index (χ1n) is 5.61. The van der Waals surface area contributed by atoms with Gasteiger partial charge in [0.15, 0.2) is 0 Å². The Labute approximate surface area is 112 Å². The fourth-order valence-corrected chi connectivity index (χ4v) is 1.44. The summed E-state index contributed by atoms with van der Waals surface area (Å²) in [5, 5.41) is 8.85. The lowest BCUT2D eigenvalue weighted by atomic mass is 10.2. The molecule has 0 N–H and O–H groups in total. The van der Waals surface area contributed by atoms with Gasteiger partial charge in [-0.15, -0.1) is 0 Å². The van der Waals surface area contributed by atoms with Gasteiger partial charge in [0.1, 0.15) is 0 Å². The van der Waals surface area contributed by atoms with Crippen molar-refractivity contribution in [3.05, 3.63) is 5.28 Å². The third-order valence-corrected chi connectivity index (χ3v) is 2.20. The highest BCUT2D eigenvalue weighted by Gasteiger charge is 2.13. The molecule has 1 aromatic heterocycles. The molecule has 0 aliphatic carbocycles. The van der Waals surface area contributed by atoms with Crippen LogP contribution in [0.3, 0.4) is 0 Å². The first-order chi connectivity index (χ1) is 8.42. The van der Waals surface area contributed by atoms with E-state index in [-0.39, 0.29) is 23.3 Å². The van der Waals surface area contributed by atoms with Gasteiger partial charge in [-0.3, -0.25) is 0 Å². The highest BCUT2D eigenvalue weighted by Crippen LogP contribution is 2.15. The van der Waals surface area contributed by atoms with Gasteiger partial charge in [-0.05, 0) is 32.4 Å². The topological polar surface area (TPSA) is 74.9 Å². The molecule has 98 valence electrons. The second kappa shape index (κ2) is 6.36. The minimum Gasteiger partial charge on any atom is -0.461 e. The molecule has 0 fully saturated rings. The Hall–Kier alpha value is -1.61. The standard InChI is InChI=1S/C11H16ClN5O/c1-7(2)18-11-15-9(12)14-10(16-11)17(4)6-8(3)5-13/h7-8H,6H2,1-4H3. The second-order valence-corrected chi connectivity index (χ2v) is 4.60. The summed E-state index contributed by atoms with van der Waals surface area (Å²) in [6.45, 7) is 6.08. The molecule has 18 heavy (non-hydrogen) atoms. The number of aromatic nitrogens is 3. The molecule has 6 nitrogen and oxygen atoms in total. The summed E-state index contributed by atoms with van der Waals surface area (Å²) < 4.78 is 5.38. The minimum absolute atomic E-state index is 0.0420. The van der Waals surface area contributed by atoms with Crippen LogP contribution < -0.4 is 9.64 Å². The normalized spacial score (nSPS) is 12.1. The molecular formula is C11H16ClN5O. The van der Waals surface area contributed by atoms with Gasteiger partial charge < -0.3 is 9.64 Å². The molecule has 0 saturated heterocycles. The third kappa shape index (κ3) is 4.34. The van der Waals surface area contributed by atoms with Gasteiger partial charge in [0.25, 0.3) is 0 Å². The van der Waals surface area contributed by atoms with E-state index in [1.54, 1.807) is 11.9 Å². The van der Waals surface area contributed by atoms with E-state index in [2.05, 4.69) is 21.0 Å². The maximum Gasteiger partial charge on any atom is 0.322 e. The first kappa shape index (κ1) is 14.5. The van der Waals surface area contributed by atoms with Crippen molar-refractivity contribution in [3.8, 4) is 12.1 Å². The molecule has 0 aliphatic heterocycles. The number of anilines is 1. The van der Waals surface area contributed by atoms with Crippen LogP contribution in [0.15, 0.2) is 0 Å². The van der Waals surface area contributed by atoms with E-state index >= 15 is 0 Å². The first-order valence-corrected chi connectivity index (χ1v) is 5.99. The maximum atomic E-state index is 8.78. The van der Waals surface area contributed by atoms with E-state index in [4.69, 9.17) is 21.6 Å². The van der Waals surface area contributed by atoms with Crippen molar-refractivity contribution in [2.75, 3.05) is 18.5 Å². The van der Waals surface area contributed by atoms with Crippen molar-refractivity contribution in [2.45, 2.75) is 26.9 Å². The Morgan fingerprint density at radius 3 is 2.56 bits per heavy atom. The molecule has 1 atom stereocenters. The molecule has 0 aliphatic rings. The predicted molar refractivity (Wildman–Crippen MR) is 68.6 cm³/mol. The van der Waals surface area contributed by atoms with E-state index in [0.717, 1.165) is 0 Å². The molecule has 1 aromatic rings. The van der Waals surface area contributed by atoms with Crippen molar-refractivity contribution >= 4 is 17.5 Å². The van der Waals surface area contributed by atoms with Gasteiger partial charge in [-0.2, -0.15) is 20.2 Å². The molecule has 7 heteroatoms. The van der Waals surface area contributed by atoms with E-state index in [1.807, 2.05) is 20.8 Å². The van der Waals surface area contributed by atoms with Gasteiger partial charge in [0, 0.05) is 13.6 Å². The van der Waals surface area contributed by atoms with Gasteiger partial charge in [-0.25, -0.2) is 0 Å². The molecule has 0 spiro atoms. The van der Waals surface area contributed by atoms with Crippen molar-refractivity contribution in [1.82, 2.24) is 15.0 Å². The summed E-state index contributed by atoms with van der Waals surface area (Å²) in [7, 11) is 1.79. The fraction of sp³-hybridized carbons (Fsp3) is 0.636. The van der Waals surface area contributed by atoms with Crippen LogP contribution in [0.25, 0.3) is 0 Å². The highest BCUT2D eigenvalue weighted by molar-refractivity contribution is 6.28. The summed E-state index contributed by atoms with van der Waals surface area (Å²) in [5.74, 6) is 0.271. The fourth-order valence-electron chi connectivity index (χ4n) is 1.29. The van der Waals surface area contributed by atoms with Crippen LogP contribution in [-0.4, -0.2) is 34.6 Å². The summed E-state index contributed by atoms with van der Waals surface area (Å²) in [6, 6.07) is 2.34. The van der Waals surface area contributed by atoms with Crippen LogP contribution in [0.5, 0.6) is 6.01 Å². The van der Waals surface area contributed by atoms with Crippen LogP contribution >= 0.6 is 11.6 Å². The molecular weight excluding hydrogens is 254 g/mol. The Morgan fingerprint density at radius 2 is 2.00 bits per heavy atom. The van der Waals surface area contributed by atoms with Crippen molar-refractivity contribution in [1.29, 1.82) is 5.26 Å². The molecule has 1 unspecified atom stereocenters. The Balaban J connectivity index is 2.88. The molecule has 0 aromatic carbocycles. The lowest BCUT2D eigenvalue weighted by molar-refractivity contribution is 0.221. The van der Waals surface area contributed by atoms with Gasteiger partial charge in [0.2, 0.25) is 11.2 Å². The van der Waals surface area contributed by atoms with Crippen molar-refractivity contribution < 1.29 is 4.74 Å². The highest BCUT2D eigenvalue weighted by atomic mass is 35.5. The number of ether oxygens (including phenoxy) is 1. The third-order valence-electron chi connectivity index (χ3n) is 2.03. The average molecular weight is 270 g/mol. The average Bonchev–Trinajstić information content (AvgIpc) is 2.26. The predicted octanol–water partition coefficient (Wildman–Crippen LogP) is 1.91. The van der Waals surface area contributed by atoms with Gasteiger partial charge >= 0.3 is 6.01 Å². The molecule has 0 saturated carbocycles. The molecule has 0 bridgehead atoms. The van der Waals surface area contributed by atoms with Crippen LogP contribution in [0.1, 0.15) is 20.8 Å². The SMILES string of the molecule is CC(C#N)CN(C)c1nc(Cl)nc(OC(C)C)n1. The van der Waals surface area contributed by atoms with Gasteiger partial charge in [0.05, 0.1) is 18.1 Å². The number of hydrogen-bond acceptors (Lipinski definition) is 6. The Kier molecular flexibility index (Phi) is 5.10. The zero-order valence-electron chi connectivity index (χ0n) is 10.9. The number of rotatable bonds is 5. The summed E-state index contributed by atoms with van der Waals surface area (Å²) in [4.78, 5) is 13.8. The zero-order chi connectivity index (χ0) is 13.7.